The van der Waals surface area contributed by atoms with E-state index in [2.05, 4.69) is 16.3 Å². The number of allylic oxidation sites excluding steroid dienone is 1. The first kappa shape index (κ1) is 18.1. The Morgan fingerprint density at radius 3 is 2.89 bits per heavy atom. The number of nitrogens with one attached hydrogen (secondary N) is 1. The first-order valence-electron chi connectivity index (χ1n) is 10.3. The molecule has 2 aliphatic heterocycles. The Morgan fingerprint density at radius 2 is 2.07 bits per heavy atom. The Morgan fingerprint density at radius 1 is 1.19 bits per heavy atom. The van der Waals surface area contributed by atoms with Gasteiger partial charge in [-0.2, -0.15) is 0 Å². The van der Waals surface area contributed by atoms with Crippen LogP contribution in [0, 0.1) is 0 Å². The van der Waals surface area contributed by atoms with Gasteiger partial charge in [-0.3, -0.25) is 9.59 Å². The quantitative estimate of drug-likeness (QED) is 0.827. The van der Waals surface area contributed by atoms with Crippen molar-refractivity contribution in [1.29, 1.82) is 0 Å². The van der Waals surface area contributed by atoms with Crippen molar-refractivity contribution < 1.29 is 9.59 Å². The Labute approximate surface area is 161 Å². The zero-order valence-electron chi connectivity index (χ0n) is 16.2. The number of rotatable bonds is 4. The monoisotopic (exact) mass is 367 g/mol. The van der Waals surface area contributed by atoms with Gasteiger partial charge in [-0.25, -0.2) is 0 Å². The highest BCUT2D eigenvalue weighted by Gasteiger charge is 2.37. The minimum Gasteiger partial charge on any atom is -0.358 e. The zero-order chi connectivity index (χ0) is 18.8. The fraction of sp³-hybridized carbons (Fsp3) is 0.545. The van der Waals surface area contributed by atoms with E-state index >= 15 is 0 Å². The molecule has 1 saturated heterocycles. The summed E-state index contributed by atoms with van der Waals surface area (Å²) in [6.45, 7) is 1.59. The lowest BCUT2D eigenvalue weighted by Gasteiger charge is -2.44. The van der Waals surface area contributed by atoms with Gasteiger partial charge in [-0.15, -0.1) is 0 Å². The van der Waals surface area contributed by atoms with Crippen LogP contribution in [0.3, 0.4) is 0 Å². The van der Waals surface area contributed by atoms with E-state index in [0.29, 0.717) is 12.1 Å². The molecular weight excluding hydrogens is 338 g/mol. The van der Waals surface area contributed by atoms with Crippen molar-refractivity contribution in [2.45, 2.75) is 57.4 Å². The van der Waals surface area contributed by atoms with E-state index in [1.807, 2.05) is 25.2 Å². The number of carbonyl (C=O) groups excluding carboxylic acids is 2. The van der Waals surface area contributed by atoms with Crippen molar-refractivity contribution in [3.8, 4) is 0 Å². The zero-order valence-corrected chi connectivity index (χ0v) is 16.2. The minimum absolute atomic E-state index is 0.0419. The number of amides is 2. The average Bonchev–Trinajstić information content (AvgIpc) is 2.72. The number of nitrogens with zero attached hydrogens (tertiary/aromatic N) is 2. The van der Waals surface area contributed by atoms with Gasteiger partial charge in [0, 0.05) is 25.7 Å². The molecule has 5 heteroatoms. The SMILES string of the molecule is CN1C(=O)C2CCCCN2c2ccc(C(=O)NCCC3=CCCCC3)cc21. The van der Waals surface area contributed by atoms with E-state index in [1.165, 1.54) is 31.3 Å². The highest BCUT2D eigenvalue weighted by Crippen LogP contribution is 2.39. The molecule has 1 N–H and O–H groups in total. The molecule has 1 fully saturated rings. The maximum Gasteiger partial charge on any atom is 0.251 e. The highest BCUT2D eigenvalue weighted by atomic mass is 16.2. The third kappa shape index (κ3) is 3.60. The first-order valence-corrected chi connectivity index (χ1v) is 10.3. The summed E-state index contributed by atoms with van der Waals surface area (Å²) >= 11 is 0. The van der Waals surface area contributed by atoms with E-state index in [-0.39, 0.29) is 17.9 Å². The van der Waals surface area contributed by atoms with Crippen molar-refractivity contribution >= 4 is 23.2 Å². The van der Waals surface area contributed by atoms with E-state index in [9.17, 15) is 9.59 Å². The first-order chi connectivity index (χ1) is 13.1. The van der Waals surface area contributed by atoms with Crippen LogP contribution in [-0.4, -0.2) is 38.0 Å². The van der Waals surface area contributed by atoms with Crippen LogP contribution < -0.4 is 15.1 Å². The predicted octanol–water partition coefficient (Wildman–Crippen LogP) is 3.64. The van der Waals surface area contributed by atoms with Gasteiger partial charge in [-0.1, -0.05) is 11.6 Å². The fourth-order valence-corrected chi connectivity index (χ4v) is 4.57. The third-order valence-corrected chi connectivity index (χ3v) is 6.14. The number of hydrogen-bond donors (Lipinski definition) is 1. The second-order valence-electron chi connectivity index (χ2n) is 7.92. The summed E-state index contributed by atoms with van der Waals surface area (Å²) in [7, 11) is 1.82. The van der Waals surface area contributed by atoms with E-state index in [4.69, 9.17) is 0 Å². The number of hydrogen-bond acceptors (Lipinski definition) is 3. The molecule has 5 nitrogen and oxygen atoms in total. The molecule has 2 heterocycles. The summed E-state index contributed by atoms with van der Waals surface area (Å²) in [5, 5.41) is 3.04. The molecule has 0 saturated carbocycles. The van der Waals surface area contributed by atoms with Crippen LogP contribution in [0.5, 0.6) is 0 Å². The standard InChI is InChI=1S/C22H29N3O2/c1-24-20-15-17(21(26)23-13-12-16-7-3-2-4-8-16)10-11-18(20)25-14-6-5-9-19(25)22(24)27/h7,10-11,15,19H,2-6,8-9,12-14H2,1H3,(H,23,26). The molecule has 1 aliphatic carbocycles. The molecule has 2 amide bonds. The van der Waals surface area contributed by atoms with Crippen LogP contribution in [0.15, 0.2) is 29.8 Å². The molecule has 0 spiro atoms. The second-order valence-corrected chi connectivity index (χ2v) is 7.92. The van der Waals surface area contributed by atoms with Crippen LogP contribution in [0.2, 0.25) is 0 Å². The molecule has 0 radical (unpaired) electrons. The Balaban J connectivity index is 1.46. The molecule has 27 heavy (non-hydrogen) atoms. The second kappa shape index (κ2) is 7.75. The van der Waals surface area contributed by atoms with E-state index < -0.39 is 0 Å². The summed E-state index contributed by atoms with van der Waals surface area (Å²) < 4.78 is 0. The predicted molar refractivity (Wildman–Crippen MR) is 108 cm³/mol. The average molecular weight is 367 g/mol. The topological polar surface area (TPSA) is 52.7 Å². The summed E-state index contributed by atoms with van der Waals surface area (Å²) in [6.07, 6.45) is 11.3. The van der Waals surface area contributed by atoms with Crippen molar-refractivity contribution in [2.75, 3.05) is 29.9 Å². The molecule has 4 rings (SSSR count). The van der Waals surface area contributed by atoms with Crippen LogP contribution in [0.1, 0.15) is 61.7 Å². The van der Waals surface area contributed by atoms with Crippen LogP contribution in [0.25, 0.3) is 0 Å². The van der Waals surface area contributed by atoms with Crippen LogP contribution >= 0.6 is 0 Å². The molecule has 0 bridgehead atoms. The lowest BCUT2D eigenvalue weighted by molar-refractivity contribution is -0.120. The lowest BCUT2D eigenvalue weighted by Crippen LogP contribution is -2.54. The van der Waals surface area contributed by atoms with Gasteiger partial charge < -0.3 is 15.1 Å². The molecule has 3 aliphatic rings. The van der Waals surface area contributed by atoms with Gasteiger partial charge in [0.1, 0.15) is 6.04 Å². The van der Waals surface area contributed by atoms with Gasteiger partial charge >= 0.3 is 0 Å². The summed E-state index contributed by atoms with van der Waals surface area (Å²) in [6, 6.07) is 5.73. The number of benzene rings is 1. The van der Waals surface area contributed by atoms with Crippen LogP contribution in [-0.2, 0) is 4.79 Å². The number of piperidine rings is 1. The van der Waals surface area contributed by atoms with Crippen molar-refractivity contribution in [3.05, 3.63) is 35.4 Å². The molecule has 1 unspecified atom stereocenters. The Kier molecular flexibility index (Phi) is 5.19. The van der Waals surface area contributed by atoms with Gasteiger partial charge in [0.15, 0.2) is 0 Å². The summed E-state index contributed by atoms with van der Waals surface area (Å²) in [4.78, 5) is 29.3. The van der Waals surface area contributed by atoms with Crippen molar-refractivity contribution in [3.63, 3.8) is 0 Å². The Bertz CT molecular complexity index is 771. The fourth-order valence-electron chi connectivity index (χ4n) is 4.57. The van der Waals surface area contributed by atoms with Gasteiger partial charge in [0.25, 0.3) is 5.91 Å². The van der Waals surface area contributed by atoms with E-state index in [0.717, 1.165) is 43.6 Å². The largest absolute Gasteiger partial charge is 0.358 e. The molecule has 1 aromatic carbocycles. The molecule has 144 valence electrons. The van der Waals surface area contributed by atoms with Gasteiger partial charge in [-0.05, 0) is 69.6 Å². The molecular formula is C22H29N3O2. The van der Waals surface area contributed by atoms with Gasteiger partial charge in [0.05, 0.1) is 11.4 Å². The summed E-state index contributed by atoms with van der Waals surface area (Å²) in [5.74, 6) is 0.0832. The Hall–Kier alpha value is -2.30. The lowest BCUT2D eigenvalue weighted by atomic mass is 9.95. The van der Waals surface area contributed by atoms with Crippen molar-refractivity contribution in [1.82, 2.24) is 5.32 Å². The number of likely N-dealkylation sites (N-methyl/N-ethyl adjacent to an activating group) is 1. The molecule has 0 aromatic heterocycles. The molecule has 1 aromatic rings. The normalized spacial score (nSPS) is 22.0. The smallest absolute Gasteiger partial charge is 0.251 e. The number of anilines is 2. The highest BCUT2D eigenvalue weighted by molar-refractivity contribution is 6.07. The van der Waals surface area contributed by atoms with Crippen LogP contribution in [0.4, 0.5) is 11.4 Å². The molecule has 1 atom stereocenters. The number of fused-ring (bicyclic) bond motifs is 3. The summed E-state index contributed by atoms with van der Waals surface area (Å²) in [5.41, 5.74) is 4.02. The van der Waals surface area contributed by atoms with E-state index in [1.54, 1.807) is 4.90 Å². The number of carbonyl (C=O) groups is 2. The minimum atomic E-state index is -0.0594. The maximum absolute atomic E-state index is 12.7. The van der Waals surface area contributed by atoms with Crippen molar-refractivity contribution in [2.24, 2.45) is 0 Å². The maximum atomic E-state index is 12.7. The third-order valence-electron chi connectivity index (χ3n) is 6.14. The van der Waals surface area contributed by atoms with Gasteiger partial charge in [0.2, 0.25) is 5.91 Å².